The first-order valence-corrected chi connectivity index (χ1v) is 5.15. The zero-order valence-corrected chi connectivity index (χ0v) is 8.52. The molecular weight excluding hydrogens is 190 g/mol. The molecule has 3 heteroatoms. The molecule has 1 unspecified atom stereocenters. The van der Waals surface area contributed by atoms with Crippen molar-refractivity contribution in [1.82, 2.24) is 0 Å². The van der Waals surface area contributed by atoms with Crippen LogP contribution in [0.3, 0.4) is 0 Å². The van der Waals surface area contributed by atoms with E-state index in [-0.39, 0.29) is 11.8 Å². The molecule has 0 bridgehead atoms. The Bertz CT molecular complexity index is 364. The van der Waals surface area contributed by atoms with Crippen molar-refractivity contribution in [3.8, 4) is 0 Å². The van der Waals surface area contributed by atoms with Crippen LogP contribution in [0.1, 0.15) is 19.3 Å². The average molecular weight is 205 g/mol. The second-order valence-electron chi connectivity index (χ2n) is 3.81. The molecule has 15 heavy (non-hydrogen) atoms. The summed E-state index contributed by atoms with van der Waals surface area (Å²) in [7, 11) is 0. The highest BCUT2D eigenvalue weighted by atomic mass is 16.5. The molecule has 1 atom stereocenters. The highest BCUT2D eigenvalue weighted by Crippen LogP contribution is 2.25. The van der Waals surface area contributed by atoms with Gasteiger partial charge in [-0.2, -0.15) is 0 Å². The molecule has 1 heterocycles. The maximum Gasteiger partial charge on any atom is 0.129 e. The zero-order valence-electron chi connectivity index (χ0n) is 8.52. The average Bonchev–Trinajstić information content (AvgIpc) is 2.44. The Labute approximate surface area is 89.2 Å². The van der Waals surface area contributed by atoms with E-state index >= 15 is 0 Å². The first-order chi connectivity index (χ1) is 7.25. The Morgan fingerprint density at radius 2 is 2.27 bits per heavy atom. The molecule has 3 nitrogen and oxygen atoms in total. The van der Waals surface area contributed by atoms with Crippen LogP contribution in [0.15, 0.2) is 47.7 Å². The Kier molecular flexibility index (Phi) is 2.92. The SMILES string of the molecule is NC1CC=C(C2=CC=C(O)C=CO2)CC1. The van der Waals surface area contributed by atoms with Gasteiger partial charge in [0.25, 0.3) is 0 Å². The predicted octanol–water partition coefficient (Wildman–Crippen LogP) is 2.29. The number of hydrogen-bond donors (Lipinski definition) is 2. The van der Waals surface area contributed by atoms with Crippen LogP contribution in [-0.2, 0) is 4.74 Å². The van der Waals surface area contributed by atoms with Gasteiger partial charge < -0.3 is 15.6 Å². The topological polar surface area (TPSA) is 55.5 Å². The number of rotatable bonds is 1. The summed E-state index contributed by atoms with van der Waals surface area (Å²) >= 11 is 0. The maximum absolute atomic E-state index is 9.26. The lowest BCUT2D eigenvalue weighted by Crippen LogP contribution is -2.22. The van der Waals surface area contributed by atoms with Crippen molar-refractivity contribution in [2.45, 2.75) is 25.3 Å². The number of aliphatic hydroxyl groups is 1. The fraction of sp³-hybridized carbons (Fsp3) is 0.333. The van der Waals surface area contributed by atoms with E-state index in [2.05, 4.69) is 6.08 Å². The van der Waals surface area contributed by atoms with E-state index < -0.39 is 0 Å². The van der Waals surface area contributed by atoms with Crippen LogP contribution in [0.4, 0.5) is 0 Å². The van der Waals surface area contributed by atoms with E-state index in [1.165, 1.54) is 17.9 Å². The molecule has 0 aromatic rings. The van der Waals surface area contributed by atoms with Gasteiger partial charge in [-0.05, 0) is 37.0 Å². The van der Waals surface area contributed by atoms with Crippen LogP contribution in [-0.4, -0.2) is 11.1 Å². The van der Waals surface area contributed by atoms with Gasteiger partial charge in [-0.25, -0.2) is 0 Å². The second-order valence-corrected chi connectivity index (χ2v) is 3.81. The highest BCUT2D eigenvalue weighted by Gasteiger charge is 2.14. The standard InChI is InChI=1S/C12H15NO2/c13-10-3-1-9(2-4-10)12-6-5-11(14)7-8-15-12/h1,5-8,10,14H,2-4,13H2. The first-order valence-electron chi connectivity index (χ1n) is 5.15. The second kappa shape index (κ2) is 4.36. The molecule has 0 spiro atoms. The predicted molar refractivity (Wildman–Crippen MR) is 58.9 cm³/mol. The molecule has 1 aliphatic carbocycles. The smallest absolute Gasteiger partial charge is 0.129 e. The van der Waals surface area contributed by atoms with Crippen LogP contribution in [0.2, 0.25) is 0 Å². The summed E-state index contributed by atoms with van der Waals surface area (Å²) in [5.41, 5.74) is 6.98. The molecule has 0 amide bonds. The Morgan fingerprint density at radius 1 is 1.40 bits per heavy atom. The van der Waals surface area contributed by atoms with Gasteiger partial charge in [0.05, 0.1) is 6.26 Å². The highest BCUT2D eigenvalue weighted by molar-refractivity contribution is 5.34. The number of hydrogen-bond acceptors (Lipinski definition) is 3. The number of nitrogens with two attached hydrogens (primary N) is 1. The minimum atomic E-state index is 0.207. The summed E-state index contributed by atoms with van der Waals surface area (Å²) in [6.45, 7) is 0. The summed E-state index contributed by atoms with van der Waals surface area (Å²) < 4.78 is 5.41. The van der Waals surface area contributed by atoms with Gasteiger partial charge in [-0.3, -0.25) is 0 Å². The number of ether oxygens (including phenoxy) is 1. The molecule has 2 aliphatic rings. The van der Waals surface area contributed by atoms with Crippen LogP contribution >= 0.6 is 0 Å². The molecule has 0 saturated carbocycles. The number of allylic oxidation sites excluding steroid dienone is 4. The Hall–Kier alpha value is -1.48. The summed E-state index contributed by atoms with van der Waals surface area (Å²) in [5, 5.41) is 9.26. The van der Waals surface area contributed by atoms with Gasteiger partial charge in [0.1, 0.15) is 11.5 Å². The van der Waals surface area contributed by atoms with Gasteiger partial charge in [0.15, 0.2) is 0 Å². The van der Waals surface area contributed by atoms with Crippen molar-refractivity contribution in [1.29, 1.82) is 0 Å². The van der Waals surface area contributed by atoms with Gasteiger partial charge >= 0.3 is 0 Å². The molecule has 80 valence electrons. The molecule has 1 aliphatic heterocycles. The Balaban J connectivity index is 2.15. The van der Waals surface area contributed by atoms with E-state index in [4.69, 9.17) is 10.5 Å². The van der Waals surface area contributed by atoms with Crippen molar-refractivity contribution < 1.29 is 9.84 Å². The summed E-state index contributed by atoms with van der Waals surface area (Å²) in [6, 6.07) is 0.277. The Morgan fingerprint density at radius 3 is 3.00 bits per heavy atom. The third kappa shape index (κ3) is 2.50. The van der Waals surface area contributed by atoms with E-state index in [9.17, 15) is 5.11 Å². The van der Waals surface area contributed by atoms with Crippen LogP contribution in [0.5, 0.6) is 0 Å². The normalized spacial score (nSPS) is 25.9. The van der Waals surface area contributed by atoms with E-state index in [1.807, 2.05) is 0 Å². The quantitative estimate of drug-likeness (QED) is 0.690. The summed E-state index contributed by atoms with van der Waals surface area (Å²) in [5.74, 6) is 1.01. The van der Waals surface area contributed by atoms with E-state index in [0.717, 1.165) is 25.0 Å². The fourth-order valence-corrected chi connectivity index (χ4v) is 1.69. The lowest BCUT2D eigenvalue weighted by Gasteiger charge is -2.19. The van der Waals surface area contributed by atoms with E-state index in [0.29, 0.717) is 0 Å². The molecule has 0 fully saturated rings. The lowest BCUT2D eigenvalue weighted by atomic mass is 9.94. The van der Waals surface area contributed by atoms with E-state index in [1.54, 1.807) is 12.2 Å². The monoisotopic (exact) mass is 205 g/mol. The van der Waals surface area contributed by atoms with Crippen molar-refractivity contribution in [3.63, 3.8) is 0 Å². The van der Waals surface area contributed by atoms with Gasteiger partial charge in [-0.15, -0.1) is 0 Å². The maximum atomic E-state index is 9.26. The van der Waals surface area contributed by atoms with Crippen molar-refractivity contribution >= 4 is 0 Å². The minimum Gasteiger partial charge on any atom is -0.508 e. The van der Waals surface area contributed by atoms with Gasteiger partial charge in [0, 0.05) is 12.1 Å². The molecule has 0 radical (unpaired) electrons. The van der Waals surface area contributed by atoms with Gasteiger partial charge in [-0.1, -0.05) is 6.08 Å². The van der Waals surface area contributed by atoms with Crippen LogP contribution in [0, 0.1) is 0 Å². The largest absolute Gasteiger partial charge is 0.508 e. The minimum absolute atomic E-state index is 0.207. The first kappa shape index (κ1) is 10.1. The molecule has 2 rings (SSSR count). The van der Waals surface area contributed by atoms with Crippen molar-refractivity contribution in [2.75, 3.05) is 0 Å². The summed E-state index contributed by atoms with van der Waals surface area (Å²) in [4.78, 5) is 0. The fourth-order valence-electron chi connectivity index (χ4n) is 1.69. The van der Waals surface area contributed by atoms with Gasteiger partial charge in [0.2, 0.25) is 0 Å². The van der Waals surface area contributed by atoms with Crippen LogP contribution < -0.4 is 5.73 Å². The van der Waals surface area contributed by atoms with Crippen molar-refractivity contribution in [2.24, 2.45) is 5.73 Å². The molecular formula is C12H15NO2. The lowest BCUT2D eigenvalue weighted by molar-refractivity contribution is 0.352. The van der Waals surface area contributed by atoms with Crippen LogP contribution in [0.25, 0.3) is 0 Å². The molecule has 0 saturated heterocycles. The molecule has 3 N–H and O–H groups in total. The third-order valence-corrected chi connectivity index (χ3v) is 2.61. The molecule has 0 aromatic carbocycles. The number of aliphatic hydroxyl groups excluding tert-OH is 1. The summed E-state index contributed by atoms with van der Waals surface area (Å²) in [6.07, 6.45) is 11.4. The van der Waals surface area contributed by atoms with Crippen molar-refractivity contribution in [3.05, 3.63) is 47.7 Å². The third-order valence-electron chi connectivity index (χ3n) is 2.61. The molecule has 0 aromatic heterocycles. The zero-order chi connectivity index (χ0) is 10.7.